The molecule has 0 heterocycles. The van der Waals surface area contributed by atoms with Crippen LogP contribution in [0.5, 0.6) is 5.75 Å². The predicted octanol–water partition coefficient (Wildman–Crippen LogP) is 4.32. The van der Waals surface area contributed by atoms with Crippen molar-refractivity contribution in [3.8, 4) is 5.75 Å². The lowest BCUT2D eigenvalue weighted by Crippen LogP contribution is -2.37. The van der Waals surface area contributed by atoms with Crippen LogP contribution >= 0.6 is 0 Å². The van der Waals surface area contributed by atoms with Gasteiger partial charge in [-0.15, -0.1) is 0 Å². The standard InChI is InChI=1S/C19H25NO2/c1-12-6-7-16(22-5)15(10-12)20-17(21)19-9-8-14(11-19)18(3,4)13(19)2/h6-7,10,14H,2,8-9,11H2,1,3-5H3,(H,20,21). The van der Waals surface area contributed by atoms with Gasteiger partial charge < -0.3 is 10.1 Å². The number of benzene rings is 1. The summed E-state index contributed by atoms with van der Waals surface area (Å²) in [6, 6.07) is 5.84. The Hall–Kier alpha value is -1.77. The Labute approximate surface area is 132 Å². The van der Waals surface area contributed by atoms with E-state index in [9.17, 15) is 4.79 Å². The van der Waals surface area contributed by atoms with E-state index in [1.807, 2.05) is 25.1 Å². The van der Waals surface area contributed by atoms with Gasteiger partial charge in [0.25, 0.3) is 0 Å². The second-order valence-corrected chi connectivity index (χ2v) is 7.38. The van der Waals surface area contributed by atoms with E-state index in [0.717, 1.165) is 36.1 Å². The SMILES string of the molecule is C=C1C2(C(=O)Nc3cc(C)ccc3OC)CCC(C2)C1(C)C. The van der Waals surface area contributed by atoms with E-state index in [1.165, 1.54) is 0 Å². The molecule has 2 saturated carbocycles. The predicted molar refractivity (Wildman–Crippen MR) is 89.1 cm³/mol. The molecule has 0 aliphatic heterocycles. The van der Waals surface area contributed by atoms with E-state index in [-0.39, 0.29) is 11.3 Å². The molecular formula is C19H25NO2. The maximum Gasteiger partial charge on any atom is 0.234 e. The molecule has 22 heavy (non-hydrogen) atoms. The van der Waals surface area contributed by atoms with Gasteiger partial charge in [0.05, 0.1) is 18.2 Å². The molecule has 2 unspecified atom stereocenters. The minimum atomic E-state index is -0.400. The van der Waals surface area contributed by atoms with Crippen molar-refractivity contribution < 1.29 is 9.53 Å². The highest BCUT2D eigenvalue weighted by atomic mass is 16.5. The summed E-state index contributed by atoms with van der Waals surface area (Å²) in [6.07, 6.45) is 2.96. The Morgan fingerprint density at radius 3 is 2.73 bits per heavy atom. The molecule has 2 aliphatic carbocycles. The van der Waals surface area contributed by atoms with Crippen molar-refractivity contribution in [1.82, 2.24) is 0 Å². The highest BCUT2D eigenvalue weighted by Crippen LogP contribution is 2.65. The second kappa shape index (κ2) is 4.87. The van der Waals surface area contributed by atoms with Crippen LogP contribution in [0.1, 0.15) is 38.7 Å². The summed E-state index contributed by atoms with van der Waals surface area (Å²) in [5, 5.41) is 3.11. The molecule has 0 saturated heterocycles. The number of carbonyl (C=O) groups excluding carboxylic acids is 1. The van der Waals surface area contributed by atoms with Crippen LogP contribution in [0.15, 0.2) is 30.4 Å². The zero-order valence-corrected chi connectivity index (χ0v) is 14.0. The van der Waals surface area contributed by atoms with Crippen molar-refractivity contribution in [2.45, 2.75) is 40.0 Å². The number of nitrogens with one attached hydrogen (secondary N) is 1. The molecule has 3 rings (SSSR count). The lowest BCUT2D eigenvalue weighted by molar-refractivity contribution is -0.123. The van der Waals surface area contributed by atoms with E-state index in [0.29, 0.717) is 11.7 Å². The molecule has 0 aromatic heterocycles. The fourth-order valence-electron chi connectivity index (χ4n) is 4.30. The van der Waals surface area contributed by atoms with Gasteiger partial charge in [0.15, 0.2) is 0 Å². The van der Waals surface area contributed by atoms with Gasteiger partial charge in [-0.05, 0) is 55.2 Å². The maximum absolute atomic E-state index is 13.0. The summed E-state index contributed by atoms with van der Waals surface area (Å²) < 4.78 is 5.37. The van der Waals surface area contributed by atoms with Crippen LogP contribution in [-0.2, 0) is 4.79 Å². The third kappa shape index (κ3) is 1.98. The molecule has 2 atom stereocenters. The average Bonchev–Trinajstić information content (AvgIpc) is 2.99. The Balaban J connectivity index is 1.90. The van der Waals surface area contributed by atoms with Crippen molar-refractivity contribution >= 4 is 11.6 Å². The van der Waals surface area contributed by atoms with Gasteiger partial charge in [0, 0.05) is 0 Å². The Morgan fingerprint density at radius 1 is 1.41 bits per heavy atom. The Bertz CT molecular complexity index is 647. The fraction of sp³-hybridized carbons (Fsp3) is 0.526. The zero-order valence-electron chi connectivity index (χ0n) is 14.0. The molecular weight excluding hydrogens is 274 g/mol. The van der Waals surface area contributed by atoms with Gasteiger partial charge in [-0.1, -0.05) is 32.1 Å². The molecule has 3 nitrogen and oxygen atoms in total. The third-order valence-electron chi connectivity index (χ3n) is 5.93. The number of hydrogen-bond acceptors (Lipinski definition) is 2. The summed E-state index contributed by atoms with van der Waals surface area (Å²) >= 11 is 0. The van der Waals surface area contributed by atoms with E-state index in [2.05, 4.69) is 25.7 Å². The molecule has 0 radical (unpaired) electrons. The molecule has 1 N–H and O–H groups in total. The molecule has 2 aliphatic rings. The van der Waals surface area contributed by atoms with Crippen molar-refractivity contribution in [2.75, 3.05) is 12.4 Å². The summed E-state index contributed by atoms with van der Waals surface area (Å²) in [7, 11) is 1.63. The van der Waals surface area contributed by atoms with Gasteiger partial charge >= 0.3 is 0 Å². The molecule has 1 aromatic rings. The molecule has 0 spiro atoms. The van der Waals surface area contributed by atoms with E-state index >= 15 is 0 Å². The molecule has 118 valence electrons. The lowest BCUT2D eigenvalue weighted by Gasteiger charge is -2.37. The monoisotopic (exact) mass is 299 g/mol. The quantitative estimate of drug-likeness (QED) is 0.844. The van der Waals surface area contributed by atoms with Gasteiger partial charge in [0.1, 0.15) is 5.75 Å². The minimum Gasteiger partial charge on any atom is -0.495 e. The Kier molecular flexibility index (Phi) is 3.35. The number of amides is 1. The molecule has 1 aromatic carbocycles. The van der Waals surface area contributed by atoms with Crippen LogP contribution in [0.3, 0.4) is 0 Å². The lowest BCUT2D eigenvalue weighted by atomic mass is 9.68. The maximum atomic E-state index is 13.0. The van der Waals surface area contributed by atoms with Crippen molar-refractivity contribution in [3.63, 3.8) is 0 Å². The smallest absolute Gasteiger partial charge is 0.234 e. The first-order chi connectivity index (χ1) is 10.3. The largest absolute Gasteiger partial charge is 0.495 e. The van der Waals surface area contributed by atoms with Gasteiger partial charge in [0.2, 0.25) is 5.91 Å². The van der Waals surface area contributed by atoms with Gasteiger partial charge in [-0.2, -0.15) is 0 Å². The first-order valence-corrected chi connectivity index (χ1v) is 7.97. The molecule has 3 heteroatoms. The van der Waals surface area contributed by atoms with E-state index in [1.54, 1.807) is 7.11 Å². The number of aryl methyl sites for hydroxylation is 1. The second-order valence-electron chi connectivity index (χ2n) is 7.38. The molecule has 2 bridgehead atoms. The van der Waals surface area contributed by atoms with Gasteiger partial charge in [-0.25, -0.2) is 0 Å². The number of anilines is 1. The van der Waals surface area contributed by atoms with Gasteiger partial charge in [-0.3, -0.25) is 4.79 Å². The van der Waals surface area contributed by atoms with Crippen LogP contribution in [0.4, 0.5) is 5.69 Å². The van der Waals surface area contributed by atoms with Crippen molar-refractivity contribution in [1.29, 1.82) is 0 Å². The summed E-state index contributed by atoms with van der Waals surface area (Å²) in [4.78, 5) is 13.0. The number of carbonyl (C=O) groups is 1. The zero-order chi connectivity index (χ0) is 16.1. The van der Waals surface area contributed by atoms with Crippen LogP contribution in [0.25, 0.3) is 0 Å². The summed E-state index contributed by atoms with van der Waals surface area (Å²) in [5.74, 6) is 1.35. The number of methoxy groups -OCH3 is 1. The average molecular weight is 299 g/mol. The van der Waals surface area contributed by atoms with Crippen LogP contribution in [0.2, 0.25) is 0 Å². The summed E-state index contributed by atoms with van der Waals surface area (Å²) in [5.41, 5.74) is 2.61. The number of fused-ring (bicyclic) bond motifs is 2. The van der Waals surface area contributed by atoms with Crippen molar-refractivity contribution in [3.05, 3.63) is 35.9 Å². The molecule has 1 amide bonds. The highest BCUT2D eigenvalue weighted by Gasteiger charge is 2.60. The van der Waals surface area contributed by atoms with E-state index < -0.39 is 5.41 Å². The highest BCUT2D eigenvalue weighted by molar-refractivity contribution is 5.99. The summed E-state index contributed by atoms with van der Waals surface area (Å²) in [6.45, 7) is 10.8. The first kappa shape index (κ1) is 15.1. The topological polar surface area (TPSA) is 38.3 Å². The van der Waals surface area contributed by atoms with Crippen LogP contribution < -0.4 is 10.1 Å². The first-order valence-electron chi connectivity index (χ1n) is 7.97. The Morgan fingerprint density at radius 2 is 2.14 bits per heavy atom. The normalized spacial score (nSPS) is 28.7. The number of ether oxygens (including phenoxy) is 1. The minimum absolute atomic E-state index is 0.0618. The fourth-order valence-corrected chi connectivity index (χ4v) is 4.30. The van der Waals surface area contributed by atoms with Crippen LogP contribution in [0, 0.1) is 23.7 Å². The third-order valence-corrected chi connectivity index (χ3v) is 5.93. The van der Waals surface area contributed by atoms with Crippen LogP contribution in [-0.4, -0.2) is 13.0 Å². The van der Waals surface area contributed by atoms with Crippen molar-refractivity contribution in [2.24, 2.45) is 16.7 Å². The van der Waals surface area contributed by atoms with E-state index in [4.69, 9.17) is 4.74 Å². The number of rotatable bonds is 3. The molecule has 2 fully saturated rings. The number of hydrogen-bond donors (Lipinski definition) is 1.